The van der Waals surface area contributed by atoms with E-state index < -0.39 is 51.0 Å². The predicted molar refractivity (Wildman–Crippen MR) is 164 cm³/mol. The number of anilines is 1. The molecule has 0 unspecified atom stereocenters. The number of benzene rings is 2. The van der Waals surface area contributed by atoms with E-state index in [0.29, 0.717) is 64.4 Å². The summed E-state index contributed by atoms with van der Waals surface area (Å²) in [5, 5.41) is 20.2. The van der Waals surface area contributed by atoms with Crippen molar-refractivity contribution in [1.29, 1.82) is 5.41 Å². The maximum absolute atomic E-state index is 13.2. The summed E-state index contributed by atoms with van der Waals surface area (Å²) in [6.07, 6.45) is -4.36. The van der Waals surface area contributed by atoms with Crippen molar-refractivity contribution in [3.8, 4) is 5.75 Å². The minimum Gasteiger partial charge on any atom is -0.489 e. The first-order valence-corrected chi connectivity index (χ1v) is 16.1. The van der Waals surface area contributed by atoms with Crippen LogP contribution in [0.2, 0.25) is 0 Å². The molecule has 0 aromatic heterocycles. The van der Waals surface area contributed by atoms with Crippen molar-refractivity contribution in [2.24, 2.45) is 17.4 Å². The Labute approximate surface area is 270 Å². The zero-order chi connectivity index (χ0) is 34.6. The SMILES string of the molecule is N=C(N)N1CCC(C(=O)Nc2cc(C[C@H](NS(=O)(=O)c3cccc(C(F)(F)F)c3)C(=O)O)ccc2OCCOCCOCCN)CC1. The summed E-state index contributed by atoms with van der Waals surface area (Å²) in [6, 6.07) is 5.58. The summed E-state index contributed by atoms with van der Waals surface area (Å²) >= 11 is 0. The van der Waals surface area contributed by atoms with Gasteiger partial charge in [-0.05, 0) is 55.2 Å². The molecule has 18 heteroatoms. The number of hydrogen-bond acceptors (Lipinski definition) is 9. The molecule has 1 fully saturated rings. The minimum absolute atomic E-state index is 0.0860. The Hall–Kier alpha value is -3.97. The molecule has 1 heterocycles. The number of rotatable bonds is 17. The number of aliphatic carboxylic acids is 1. The van der Waals surface area contributed by atoms with E-state index in [9.17, 15) is 36.3 Å². The fourth-order valence-electron chi connectivity index (χ4n) is 4.67. The lowest BCUT2D eigenvalue weighted by atomic mass is 9.96. The van der Waals surface area contributed by atoms with Crippen molar-refractivity contribution in [1.82, 2.24) is 9.62 Å². The normalized spacial score (nSPS) is 14.9. The zero-order valence-corrected chi connectivity index (χ0v) is 26.2. The van der Waals surface area contributed by atoms with Crippen molar-refractivity contribution in [2.45, 2.75) is 36.4 Å². The molecule has 14 nitrogen and oxygen atoms in total. The van der Waals surface area contributed by atoms with Gasteiger partial charge in [-0.25, -0.2) is 8.42 Å². The Bertz CT molecular complexity index is 1490. The number of alkyl halides is 3. The second kappa shape index (κ2) is 17.3. The third kappa shape index (κ3) is 11.7. The van der Waals surface area contributed by atoms with Crippen LogP contribution in [0, 0.1) is 11.3 Å². The number of likely N-dealkylation sites (tertiary alicyclic amines) is 1. The van der Waals surface area contributed by atoms with E-state index in [1.54, 1.807) is 4.90 Å². The van der Waals surface area contributed by atoms with Crippen LogP contribution in [-0.2, 0) is 41.7 Å². The first-order chi connectivity index (χ1) is 22.2. The maximum atomic E-state index is 13.2. The van der Waals surface area contributed by atoms with Gasteiger partial charge in [-0.2, -0.15) is 17.9 Å². The first-order valence-electron chi connectivity index (χ1n) is 14.6. The van der Waals surface area contributed by atoms with Crippen LogP contribution >= 0.6 is 0 Å². The van der Waals surface area contributed by atoms with Gasteiger partial charge in [0.15, 0.2) is 5.96 Å². The quantitative estimate of drug-likeness (QED) is 0.0796. The van der Waals surface area contributed by atoms with E-state index in [1.807, 2.05) is 4.72 Å². The highest BCUT2D eigenvalue weighted by Crippen LogP contribution is 2.31. The van der Waals surface area contributed by atoms with E-state index in [1.165, 1.54) is 18.2 Å². The second-order valence-electron chi connectivity index (χ2n) is 10.6. The van der Waals surface area contributed by atoms with E-state index in [-0.39, 0.29) is 42.1 Å². The van der Waals surface area contributed by atoms with Gasteiger partial charge in [-0.15, -0.1) is 0 Å². The fraction of sp³-hybridized carbons (Fsp3) is 0.483. The second-order valence-corrected chi connectivity index (χ2v) is 12.3. The van der Waals surface area contributed by atoms with Crippen LogP contribution in [0.15, 0.2) is 47.4 Å². The Balaban J connectivity index is 1.77. The number of carboxylic acids is 1. The lowest BCUT2D eigenvalue weighted by molar-refractivity contribution is -0.139. The summed E-state index contributed by atoms with van der Waals surface area (Å²) in [5.74, 6) is -2.18. The molecule has 1 amide bonds. The molecule has 2 aromatic rings. The largest absolute Gasteiger partial charge is 0.489 e. The Kier molecular flexibility index (Phi) is 13.8. The van der Waals surface area contributed by atoms with Gasteiger partial charge < -0.3 is 41.0 Å². The number of carbonyl (C=O) groups excluding carboxylic acids is 1. The molecule has 0 radical (unpaired) electrons. The number of carboxylic acid groups (broad SMARTS) is 1. The van der Waals surface area contributed by atoms with Crippen molar-refractivity contribution < 1.29 is 50.5 Å². The van der Waals surface area contributed by atoms with Gasteiger partial charge in [0.05, 0.1) is 42.6 Å². The predicted octanol–water partition coefficient (Wildman–Crippen LogP) is 1.59. The molecule has 0 bridgehead atoms. The molecule has 1 aliphatic heterocycles. The molecular weight excluding hydrogens is 649 g/mol. The Morgan fingerprint density at radius 1 is 1.04 bits per heavy atom. The number of guanidine groups is 1. The van der Waals surface area contributed by atoms with Crippen molar-refractivity contribution in [2.75, 3.05) is 58.0 Å². The van der Waals surface area contributed by atoms with Gasteiger partial charge in [0.25, 0.3) is 0 Å². The molecule has 2 aromatic carbocycles. The lowest BCUT2D eigenvalue weighted by Gasteiger charge is -2.31. The number of carbonyl (C=O) groups is 2. The standard InChI is InChI=1S/C29H39F3N6O8S/c30-29(31,32)21-2-1-3-22(18-21)47(42,43)37-24(27(40)41)17-19-4-5-25(46-15-14-45-13-12-44-11-8-33)23(16-19)36-26(39)20-6-9-38(10-7-20)28(34)35/h1-5,16,18,20,24,37H,6-15,17,33H2,(H3,34,35)(H,36,39)(H,40,41)/t24-/m0/s1. The molecule has 8 N–H and O–H groups in total. The third-order valence-corrected chi connectivity index (χ3v) is 8.60. The number of nitrogens with two attached hydrogens (primary N) is 2. The van der Waals surface area contributed by atoms with Crippen LogP contribution < -0.4 is 26.2 Å². The number of halogens is 3. The van der Waals surface area contributed by atoms with Gasteiger partial charge in [0.2, 0.25) is 15.9 Å². The summed E-state index contributed by atoms with van der Waals surface area (Å²) in [4.78, 5) is 26.2. The summed E-state index contributed by atoms with van der Waals surface area (Å²) in [6.45, 7) is 2.53. The van der Waals surface area contributed by atoms with E-state index in [0.717, 1.165) is 12.1 Å². The minimum atomic E-state index is -4.81. The monoisotopic (exact) mass is 688 g/mol. The molecule has 0 aliphatic carbocycles. The van der Waals surface area contributed by atoms with Gasteiger partial charge in [-0.1, -0.05) is 12.1 Å². The van der Waals surface area contributed by atoms with Gasteiger partial charge in [0, 0.05) is 25.6 Å². The van der Waals surface area contributed by atoms with Crippen LogP contribution in [0.4, 0.5) is 18.9 Å². The van der Waals surface area contributed by atoms with E-state index in [4.69, 9.17) is 31.1 Å². The molecule has 0 saturated carbocycles. The van der Waals surface area contributed by atoms with Gasteiger partial charge in [0.1, 0.15) is 18.4 Å². The topological polar surface area (TPSA) is 219 Å². The number of piperidine rings is 1. The highest BCUT2D eigenvalue weighted by atomic mass is 32.2. The molecule has 260 valence electrons. The van der Waals surface area contributed by atoms with Crippen molar-refractivity contribution >= 4 is 33.5 Å². The van der Waals surface area contributed by atoms with Crippen molar-refractivity contribution in [3.63, 3.8) is 0 Å². The first kappa shape index (κ1) is 37.5. The summed E-state index contributed by atoms with van der Waals surface area (Å²) < 4.78 is 83.7. The number of amides is 1. The third-order valence-electron chi connectivity index (χ3n) is 7.13. The van der Waals surface area contributed by atoms with Crippen molar-refractivity contribution in [3.05, 3.63) is 53.6 Å². The number of sulfonamides is 1. The van der Waals surface area contributed by atoms with Crippen LogP contribution in [0.5, 0.6) is 5.75 Å². The number of nitrogens with one attached hydrogen (secondary N) is 3. The fourth-order valence-corrected chi connectivity index (χ4v) is 5.91. The zero-order valence-electron chi connectivity index (χ0n) is 25.4. The lowest BCUT2D eigenvalue weighted by Crippen LogP contribution is -2.44. The van der Waals surface area contributed by atoms with Gasteiger partial charge >= 0.3 is 12.1 Å². The van der Waals surface area contributed by atoms with E-state index in [2.05, 4.69) is 5.32 Å². The van der Waals surface area contributed by atoms with Crippen LogP contribution in [0.1, 0.15) is 24.0 Å². The molecule has 0 spiro atoms. The smallest absolute Gasteiger partial charge is 0.416 e. The Morgan fingerprint density at radius 2 is 1.70 bits per heavy atom. The number of ether oxygens (including phenoxy) is 3. The Morgan fingerprint density at radius 3 is 2.32 bits per heavy atom. The van der Waals surface area contributed by atoms with Gasteiger partial charge in [-0.3, -0.25) is 15.0 Å². The molecule has 1 atom stereocenters. The summed E-state index contributed by atoms with van der Waals surface area (Å²) in [5.41, 5.74) is 10.2. The summed E-state index contributed by atoms with van der Waals surface area (Å²) in [7, 11) is -4.68. The van der Waals surface area contributed by atoms with Crippen LogP contribution in [0.25, 0.3) is 0 Å². The average molecular weight is 689 g/mol. The highest BCUT2D eigenvalue weighted by molar-refractivity contribution is 7.89. The highest BCUT2D eigenvalue weighted by Gasteiger charge is 2.33. The maximum Gasteiger partial charge on any atom is 0.416 e. The van der Waals surface area contributed by atoms with Crippen LogP contribution in [-0.4, -0.2) is 95.0 Å². The molecule has 1 saturated heterocycles. The average Bonchev–Trinajstić information content (AvgIpc) is 3.02. The molecule has 47 heavy (non-hydrogen) atoms. The van der Waals surface area contributed by atoms with Crippen LogP contribution in [0.3, 0.4) is 0 Å². The molecule has 1 aliphatic rings. The number of hydrogen-bond donors (Lipinski definition) is 6. The number of nitrogens with zero attached hydrogens (tertiary/aromatic N) is 1. The molecular formula is C29H39F3N6O8S. The van der Waals surface area contributed by atoms with E-state index >= 15 is 0 Å². The molecule has 3 rings (SSSR count).